The summed E-state index contributed by atoms with van der Waals surface area (Å²) in [7, 11) is 0. The number of benzene rings is 1. The highest BCUT2D eigenvalue weighted by Crippen LogP contribution is 2.17. The summed E-state index contributed by atoms with van der Waals surface area (Å²) in [5, 5.41) is 4.14. The molecule has 0 saturated heterocycles. The maximum Gasteiger partial charge on any atom is 0.130 e. The van der Waals surface area contributed by atoms with E-state index in [4.69, 9.17) is 0 Å². The molecule has 0 unspecified atom stereocenters. The van der Waals surface area contributed by atoms with Crippen LogP contribution in [0.15, 0.2) is 29.6 Å². The van der Waals surface area contributed by atoms with Gasteiger partial charge in [0.15, 0.2) is 0 Å². The Morgan fingerprint density at radius 1 is 1.16 bits per heavy atom. The van der Waals surface area contributed by atoms with Gasteiger partial charge in [-0.05, 0) is 36.8 Å². The Morgan fingerprint density at radius 2 is 1.84 bits per heavy atom. The van der Waals surface area contributed by atoms with E-state index in [1.807, 2.05) is 24.5 Å². The molecule has 19 heavy (non-hydrogen) atoms. The normalized spacial score (nSPS) is 10.5. The lowest BCUT2D eigenvalue weighted by atomic mass is 10.1. The van der Waals surface area contributed by atoms with Gasteiger partial charge in [-0.25, -0.2) is 14.4 Å². The molecule has 3 nitrogen and oxygen atoms in total. The molecule has 0 aliphatic carbocycles. The third kappa shape index (κ3) is 3.44. The average molecular weight is 277 g/mol. The van der Waals surface area contributed by atoms with Gasteiger partial charge in [-0.15, -0.1) is 11.8 Å². The van der Waals surface area contributed by atoms with Gasteiger partial charge in [0.1, 0.15) is 23.0 Å². The molecule has 1 aromatic carbocycles. The van der Waals surface area contributed by atoms with Crippen LogP contribution in [0.5, 0.6) is 0 Å². The second-order valence-corrected chi connectivity index (χ2v) is 5.17. The molecule has 100 valence electrons. The number of thioether (sulfide) groups is 1. The van der Waals surface area contributed by atoms with Crippen LogP contribution in [0.1, 0.15) is 16.7 Å². The number of halogens is 1. The number of hydrogen-bond acceptors (Lipinski definition) is 4. The van der Waals surface area contributed by atoms with E-state index in [1.54, 1.807) is 25.6 Å². The summed E-state index contributed by atoms with van der Waals surface area (Å²) in [5.41, 5.74) is 2.38. The van der Waals surface area contributed by atoms with E-state index >= 15 is 0 Å². The SMILES string of the molecule is CSc1cc(NCc2cc(C)c(F)c(C)c2)ncn1. The van der Waals surface area contributed by atoms with Gasteiger partial charge in [0.25, 0.3) is 0 Å². The fourth-order valence-corrected chi connectivity index (χ4v) is 2.26. The fraction of sp³-hybridized carbons (Fsp3) is 0.286. The highest BCUT2D eigenvalue weighted by molar-refractivity contribution is 7.98. The van der Waals surface area contributed by atoms with Gasteiger partial charge < -0.3 is 5.32 Å². The zero-order valence-corrected chi connectivity index (χ0v) is 12.0. The molecule has 2 rings (SSSR count). The minimum Gasteiger partial charge on any atom is -0.366 e. The zero-order chi connectivity index (χ0) is 13.8. The van der Waals surface area contributed by atoms with Gasteiger partial charge in [-0.3, -0.25) is 0 Å². The van der Waals surface area contributed by atoms with Crippen molar-refractivity contribution in [3.63, 3.8) is 0 Å². The van der Waals surface area contributed by atoms with E-state index in [0.717, 1.165) is 16.4 Å². The van der Waals surface area contributed by atoms with Crippen molar-refractivity contribution in [3.05, 3.63) is 47.0 Å². The van der Waals surface area contributed by atoms with Crippen LogP contribution in [0.4, 0.5) is 10.2 Å². The van der Waals surface area contributed by atoms with Gasteiger partial charge in [0.2, 0.25) is 0 Å². The number of aromatic nitrogens is 2. The molecule has 1 N–H and O–H groups in total. The molecule has 0 amide bonds. The fourth-order valence-electron chi connectivity index (χ4n) is 1.88. The first-order chi connectivity index (χ1) is 9.10. The van der Waals surface area contributed by atoms with E-state index in [0.29, 0.717) is 17.7 Å². The monoisotopic (exact) mass is 277 g/mol. The molecule has 0 aliphatic heterocycles. The summed E-state index contributed by atoms with van der Waals surface area (Å²) in [6, 6.07) is 5.60. The summed E-state index contributed by atoms with van der Waals surface area (Å²) >= 11 is 1.57. The van der Waals surface area contributed by atoms with Crippen LogP contribution in [-0.2, 0) is 6.54 Å². The molecular formula is C14H16FN3S. The number of nitrogens with zero attached hydrogens (tertiary/aromatic N) is 2. The minimum absolute atomic E-state index is 0.129. The predicted octanol–water partition coefficient (Wildman–Crippen LogP) is 3.57. The van der Waals surface area contributed by atoms with E-state index < -0.39 is 0 Å². The predicted molar refractivity (Wildman–Crippen MR) is 77.0 cm³/mol. The van der Waals surface area contributed by atoms with Crippen molar-refractivity contribution in [2.75, 3.05) is 11.6 Å². The molecule has 0 atom stereocenters. The van der Waals surface area contributed by atoms with Gasteiger partial charge in [0, 0.05) is 12.6 Å². The Kier molecular flexibility index (Phi) is 4.37. The Balaban J connectivity index is 2.10. The first kappa shape index (κ1) is 13.8. The molecule has 0 saturated carbocycles. The standard InChI is InChI=1S/C14H16FN3S/c1-9-4-11(5-10(2)14(9)15)7-16-12-6-13(19-3)18-8-17-12/h4-6,8H,7H2,1-3H3,(H,16,17,18). The lowest BCUT2D eigenvalue weighted by molar-refractivity contribution is 0.608. The zero-order valence-electron chi connectivity index (χ0n) is 11.2. The van der Waals surface area contributed by atoms with Crippen molar-refractivity contribution in [2.45, 2.75) is 25.4 Å². The molecule has 2 aromatic rings. The molecule has 0 aliphatic rings. The highest BCUT2D eigenvalue weighted by atomic mass is 32.2. The molecule has 1 heterocycles. The van der Waals surface area contributed by atoms with Crippen molar-refractivity contribution in [3.8, 4) is 0 Å². The maximum absolute atomic E-state index is 13.5. The Labute approximate surface area is 116 Å². The molecule has 0 bridgehead atoms. The first-order valence-corrected chi connectivity index (χ1v) is 7.18. The quantitative estimate of drug-likeness (QED) is 0.685. The van der Waals surface area contributed by atoms with E-state index in [1.165, 1.54) is 6.33 Å². The number of anilines is 1. The van der Waals surface area contributed by atoms with E-state index in [2.05, 4.69) is 15.3 Å². The molecule has 1 aromatic heterocycles. The summed E-state index contributed by atoms with van der Waals surface area (Å²) in [5.74, 6) is 0.648. The van der Waals surface area contributed by atoms with Crippen LogP contribution in [0.2, 0.25) is 0 Å². The number of hydrogen-bond donors (Lipinski definition) is 1. The van der Waals surface area contributed by atoms with Crippen molar-refractivity contribution < 1.29 is 4.39 Å². The maximum atomic E-state index is 13.5. The molecule has 0 spiro atoms. The van der Waals surface area contributed by atoms with Crippen molar-refractivity contribution in [1.82, 2.24) is 9.97 Å². The topological polar surface area (TPSA) is 37.8 Å². The van der Waals surface area contributed by atoms with E-state index in [-0.39, 0.29) is 5.82 Å². The summed E-state index contributed by atoms with van der Waals surface area (Å²) < 4.78 is 13.5. The Bertz CT molecular complexity index is 564. The molecule has 0 fully saturated rings. The molecule has 5 heteroatoms. The van der Waals surface area contributed by atoms with Gasteiger partial charge in [-0.2, -0.15) is 0 Å². The van der Waals surface area contributed by atoms with Crippen LogP contribution >= 0.6 is 11.8 Å². The van der Waals surface area contributed by atoms with Gasteiger partial charge >= 0.3 is 0 Å². The van der Waals surface area contributed by atoms with Crippen molar-refractivity contribution >= 4 is 17.6 Å². The molecular weight excluding hydrogens is 261 g/mol. The van der Waals surface area contributed by atoms with Crippen LogP contribution in [0, 0.1) is 19.7 Å². The summed E-state index contributed by atoms with van der Waals surface area (Å²) in [6.45, 7) is 4.18. The number of nitrogens with one attached hydrogen (secondary N) is 1. The highest BCUT2D eigenvalue weighted by Gasteiger charge is 2.04. The smallest absolute Gasteiger partial charge is 0.130 e. The van der Waals surface area contributed by atoms with Crippen LogP contribution in [-0.4, -0.2) is 16.2 Å². The Morgan fingerprint density at radius 3 is 2.47 bits per heavy atom. The number of aryl methyl sites for hydroxylation is 2. The van der Waals surface area contributed by atoms with Crippen molar-refractivity contribution in [1.29, 1.82) is 0 Å². The number of rotatable bonds is 4. The molecule has 0 radical (unpaired) electrons. The van der Waals surface area contributed by atoms with Crippen LogP contribution in [0.25, 0.3) is 0 Å². The summed E-state index contributed by atoms with van der Waals surface area (Å²) in [4.78, 5) is 8.27. The third-order valence-corrected chi connectivity index (χ3v) is 3.46. The minimum atomic E-state index is -0.129. The van der Waals surface area contributed by atoms with Gasteiger partial charge in [0.05, 0.1) is 0 Å². The summed E-state index contributed by atoms with van der Waals surface area (Å²) in [6.07, 6.45) is 3.51. The van der Waals surface area contributed by atoms with Crippen LogP contribution in [0.3, 0.4) is 0 Å². The van der Waals surface area contributed by atoms with Crippen molar-refractivity contribution in [2.24, 2.45) is 0 Å². The lowest BCUT2D eigenvalue weighted by Crippen LogP contribution is -2.03. The third-order valence-electron chi connectivity index (χ3n) is 2.82. The first-order valence-electron chi connectivity index (χ1n) is 5.95. The average Bonchev–Trinajstić information content (AvgIpc) is 2.42. The van der Waals surface area contributed by atoms with Gasteiger partial charge in [-0.1, -0.05) is 12.1 Å². The largest absolute Gasteiger partial charge is 0.366 e. The second kappa shape index (κ2) is 6.02. The lowest BCUT2D eigenvalue weighted by Gasteiger charge is -2.09. The Hall–Kier alpha value is -1.62. The second-order valence-electron chi connectivity index (χ2n) is 4.34. The van der Waals surface area contributed by atoms with Crippen LogP contribution < -0.4 is 5.32 Å². The van der Waals surface area contributed by atoms with E-state index in [9.17, 15) is 4.39 Å².